The third-order valence-electron chi connectivity index (χ3n) is 1.06. The molecule has 4 heteroatoms. The SMILES string of the molecule is CCCN(C)C(=O)N[C]=O. The zero-order valence-corrected chi connectivity index (χ0v) is 6.18. The number of hydrogen-bond donors (Lipinski definition) is 1. The first kappa shape index (κ1) is 8.94. The van der Waals surface area contributed by atoms with Crippen molar-refractivity contribution in [2.45, 2.75) is 13.3 Å². The van der Waals surface area contributed by atoms with Gasteiger partial charge in [0.05, 0.1) is 0 Å². The first-order chi connectivity index (χ1) is 4.72. The van der Waals surface area contributed by atoms with Gasteiger partial charge in [0, 0.05) is 13.6 Å². The fraction of sp³-hybridized carbons (Fsp3) is 0.667. The van der Waals surface area contributed by atoms with E-state index >= 15 is 0 Å². The minimum Gasteiger partial charge on any atom is -0.328 e. The highest BCUT2D eigenvalue weighted by Crippen LogP contribution is 1.85. The van der Waals surface area contributed by atoms with E-state index in [0.29, 0.717) is 6.54 Å². The summed E-state index contributed by atoms with van der Waals surface area (Å²) in [5, 5.41) is 1.91. The fourth-order valence-electron chi connectivity index (χ4n) is 0.576. The Balaban J connectivity index is 3.58. The standard InChI is InChI=1S/C6H11N2O2/c1-3-4-8(2)6(10)7-5-9/h3-4H2,1-2H3,(H,7,9,10). The minimum absolute atomic E-state index is 0.406. The van der Waals surface area contributed by atoms with E-state index in [1.807, 2.05) is 12.2 Å². The molecule has 57 valence electrons. The lowest BCUT2D eigenvalue weighted by Gasteiger charge is -2.13. The molecule has 0 rings (SSSR count). The average molecular weight is 143 g/mol. The van der Waals surface area contributed by atoms with Crippen molar-refractivity contribution in [3.8, 4) is 0 Å². The number of rotatable bonds is 3. The van der Waals surface area contributed by atoms with Crippen molar-refractivity contribution in [1.82, 2.24) is 10.2 Å². The number of carbonyl (C=O) groups excluding carboxylic acids is 2. The molecule has 1 N–H and O–H groups in total. The van der Waals surface area contributed by atoms with Crippen LogP contribution in [0.5, 0.6) is 0 Å². The Hall–Kier alpha value is -1.06. The number of nitrogens with one attached hydrogen (secondary N) is 1. The summed E-state index contributed by atoms with van der Waals surface area (Å²) in [6, 6.07) is -0.406. The molecule has 0 aromatic rings. The molecular weight excluding hydrogens is 132 g/mol. The Morgan fingerprint density at radius 1 is 1.70 bits per heavy atom. The molecule has 4 nitrogen and oxygen atoms in total. The van der Waals surface area contributed by atoms with Crippen molar-refractivity contribution in [2.24, 2.45) is 0 Å². The molecule has 0 unspecified atom stereocenters. The predicted molar refractivity (Wildman–Crippen MR) is 37.1 cm³/mol. The van der Waals surface area contributed by atoms with Gasteiger partial charge in [-0.15, -0.1) is 0 Å². The Morgan fingerprint density at radius 3 is 2.70 bits per heavy atom. The molecule has 3 amide bonds. The van der Waals surface area contributed by atoms with Gasteiger partial charge in [-0.05, 0) is 6.42 Å². The van der Waals surface area contributed by atoms with Crippen molar-refractivity contribution < 1.29 is 9.59 Å². The third kappa shape index (κ3) is 3.06. The van der Waals surface area contributed by atoms with Gasteiger partial charge >= 0.3 is 12.4 Å². The highest BCUT2D eigenvalue weighted by molar-refractivity contribution is 5.84. The van der Waals surface area contributed by atoms with Crippen LogP contribution in [0.2, 0.25) is 0 Å². The summed E-state index contributed by atoms with van der Waals surface area (Å²) in [6.07, 6.45) is 2.19. The number of amides is 3. The Kier molecular flexibility index (Phi) is 4.28. The second kappa shape index (κ2) is 4.78. The van der Waals surface area contributed by atoms with Crippen LogP contribution < -0.4 is 5.32 Å². The first-order valence-electron chi connectivity index (χ1n) is 3.10. The lowest BCUT2D eigenvalue weighted by molar-refractivity contribution is 0.213. The molecular formula is C6H11N2O2. The summed E-state index contributed by atoms with van der Waals surface area (Å²) in [5.74, 6) is 0. The lowest BCUT2D eigenvalue weighted by atomic mass is 10.4. The van der Waals surface area contributed by atoms with Gasteiger partial charge < -0.3 is 4.90 Å². The van der Waals surface area contributed by atoms with E-state index in [4.69, 9.17) is 0 Å². The fourth-order valence-corrected chi connectivity index (χ4v) is 0.576. The average Bonchev–Trinajstić information content (AvgIpc) is 1.89. The third-order valence-corrected chi connectivity index (χ3v) is 1.06. The molecule has 0 aromatic carbocycles. The summed E-state index contributed by atoms with van der Waals surface area (Å²) in [4.78, 5) is 21.7. The molecule has 0 aromatic heterocycles. The van der Waals surface area contributed by atoms with Crippen LogP contribution in [0.4, 0.5) is 4.79 Å². The van der Waals surface area contributed by atoms with Crippen LogP contribution in [0.3, 0.4) is 0 Å². The number of carbonyl (C=O) groups is 1. The number of hydrogen-bond acceptors (Lipinski definition) is 2. The van der Waals surface area contributed by atoms with E-state index in [9.17, 15) is 9.59 Å². The maximum atomic E-state index is 10.7. The molecule has 0 atom stereocenters. The second-order valence-electron chi connectivity index (χ2n) is 1.95. The van der Waals surface area contributed by atoms with Gasteiger partial charge in [-0.1, -0.05) is 6.92 Å². The number of nitrogens with zero attached hydrogens (tertiary/aromatic N) is 1. The normalized spacial score (nSPS) is 8.60. The largest absolute Gasteiger partial charge is 0.328 e. The van der Waals surface area contributed by atoms with E-state index in [-0.39, 0.29) is 0 Å². The van der Waals surface area contributed by atoms with Crippen LogP contribution in [0.25, 0.3) is 0 Å². The molecule has 0 aliphatic heterocycles. The molecule has 0 aliphatic rings. The van der Waals surface area contributed by atoms with Crippen molar-refractivity contribution in [3.63, 3.8) is 0 Å². The molecule has 0 fully saturated rings. The van der Waals surface area contributed by atoms with E-state index in [1.54, 1.807) is 7.05 Å². The van der Waals surface area contributed by atoms with E-state index in [2.05, 4.69) is 0 Å². The van der Waals surface area contributed by atoms with Gasteiger partial charge in [0.25, 0.3) is 0 Å². The molecule has 0 heterocycles. The smallest absolute Gasteiger partial charge is 0.324 e. The highest BCUT2D eigenvalue weighted by Gasteiger charge is 2.04. The quantitative estimate of drug-likeness (QED) is 0.570. The van der Waals surface area contributed by atoms with Gasteiger partial charge in [0.1, 0.15) is 0 Å². The van der Waals surface area contributed by atoms with Crippen LogP contribution >= 0.6 is 0 Å². The number of imide groups is 1. The van der Waals surface area contributed by atoms with Crippen molar-refractivity contribution in [1.29, 1.82) is 0 Å². The van der Waals surface area contributed by atoms with Crippen LogP contribution in [0, 0.1) is 0 Å². The lowest BCUT2D eigenvalue weighted by Crippen LogP contribution is -2.36. The summed E-state index contributed by atoms with van der Waals surface area (Å²) >= 11 is 0. The van der Waals surface area contributed by atoms with Crippen molar-refractivity contribution >= 4 is 12.4 Å². The zero-order valence-electron chi connectivity index (χ0n) is 6.18. The zero-order chi connectivity index (χ0) is 7.98. The maximum Gasteiger partial charge on any atom is 0.324 e. The van der Waals surface area contributed by atoms with Crippen LogP contribution in [0.1, 0.15) is 13.3 Å². The van der Waals surface area contributed by atoms with Crippen LogP contribution in [-0.4, -0.2) is 30.9 Å². The Bertz CT molecular complexity index is 125. The second-order valence-corrected chi connectivity index (χ2v) is 1.95. The van der Waals surface area contributed by atoms with Crippen LogP contribution in [-0.2, 0) is 4.79 Å². The van der Waals surface area contributed by atoms with Gasteiger partial charge in [-0.3, -0.25) is 10.1 Å². The molecule has 0 saturated heterocycles. The van der Waals surface area contributed by atoms with E-state index < -0.39 is 6.03 Å². The van der Waals surface area contributed by atoms with Crippen LogP contribution in [0.15, 0.2) is 0 Å². The maximum absolute atomic E-state index is 10.7. The molecule has 10 heavy (non-hydrogen) atoms. The molecule has 0 spiro atoms. The van der Waals surface area contributed by atoms with E-state index in [1.165, 1.54) is 11.3 Å². The highest BCUT2D eigenvalue weighted by atomic mass is 16.2. The topological polar surface area (TPSA) is 49.4 Å². The minimum atomic E-state index is -0.406. The van der Waals surface area contributed by atoms with Gasteiger partial charge in [-0.2, -0.15) is 0 Å². The first-order valence-corrected chi connectivity index (χ1v) is 3.10. The predicted octanol–water partition coefficient (Wildman–Crippen LogP) is 0.105. The van der Waals surface area contributed by atoms with Gasteiger partial charge in [-0.25, -0.2) is 4.79 Å². The van der Waals surface area contributed by atoms with Gasteiger partial charge in [0.2, 0.25) is 0 Å². The summed E-state index contributed by atoms with van der Waals surface area (Å²) in [6.45, 7) is 2.60. The molecule has 0 saturated carbocycles. The summed E-state index contributed by atoms with van der Waals surface area (Å²) in [5.41, 5.74) is 0. The van der Waals surface area contributed by atoms with Gasteiger partial charge in [0.15, 0.2) is 0 Å². The van der Waals surface area contributed by atoms with Crippen molar-refractivity contribution in [3.05, 3.63) is 0 Å². The molecule has 1 radical (unpaired) electrons. The molecule has 0 aliphatic carbocycles. The molecule has 0 bridgehead atoms. The Morgan fingerprint density at radius 2 is 2.30 bits per heavy atom. The Labute approximate surface area is 60.2 Å². The van der Waals surface area contributed by atoms with Crippen molar-refractivity contribution in [2.75, 3.05) is 13.6 Å². The number of urea groups is 1. The summed E-state index contributed by atoms with van der Waals surface area (Å²) in [7, 11) is 1.62. The van der Waals surface area contributed by atoms with E-state index in [0.717, 1.165) is 6.42 Å². The monoisotopic (exact) mass is 143 g/mol. The summed E-state index contributed by atoms with van der Waals surface area (Å²) < 4.78 is 0.